The normalized spacial score (nSPS) is 21.4. The van der Waals surface area contributed by atoms with Crippen LogP contribution >= 0.6 is 11.3 Å². The Kier molecular flexibility index (Phi) is 8.66. The molecule has 0 aromatic carbocycles. The van der Waals surface area contributed by atoms with Gasteiger partial charge in [-0.25, -0.2) is 4.98 Å². The number of aryl methyl sites for hydroxylation is 1. The van der Waals surface area contributed by atoms with Crippen LogP contribution in [0.3, 0.4) is 0 Å². The van der Waals surface area contributed by atoms with Gasteiger partial charge in [0.25, 0.3) is 5.19 Å². The Morgan fingerprint density at radius 1 is 1.26 bits per heavy atom. The van der Waals surface area contributed by atoms with Gasteiger partial charge in [-0.1, -0.05) is 11.3 Å². The minimum Gasteiger partial charge on any atom is -0.483 e. The van der Waals surface area contributed by atoms with E-state index in [1.54, 1.807) is 24.1 Å². The van der Waals surface area contributed by atoms with Crippen LogP contribution in [0.5, 0.6) is 10.9 Å². The number of halogens is 3. The molecule has 0 unspecified atom stereocenters. The number of ketones is 1. The standard InChI is InChI=1S/C23H31F3N4O4S/c1-29-12-19(11-27-29)33-14-17(31)10-16-2-3-18(32-13-16)4-7-30-8-5-20-21(6-9-30)35-22(28-20)34-15-23(24,25)26/h11-12,16,18H,2-10,13-15H2,1H3/t16-,18-/m1/s1. The van der Waals surface area contributed by atoms with Gasteiger partial charge in [0, 0.05) is 44.4 Å². The highest BCUT2D eigenvalue weighted by atomic mass is 32.1. The maximum Gasteiger partial charge on any atom is 0.422 e. The quantitative estimate of drug-likeness (QED) is 0.479. The maximum absolute atomic E-state index is 12.4. The van der Waals surface area contributed by atoms with E-state index in [-0.39, 0.29) is 29.6 Å². The van der Waals surface area contributed by atoms with Crippen LogP contribution < -0.4 is 9.47 Å². The number of alkyl halides is 3. The largest absolute Gasteiger partial charge is 0.483 e. The third-order valence-electron chi connectivity index (χ3n) is 6.27. The van der Waals surface area contributed by atoms with Gasteiger partial charge in [0.15, 0.2) is 18.1 Å². The van der Waals surface area contributed by atoms with Crippen molar-refractivity contribution < 1.29 is 32.2 Å². The molecule has 2 aromatic heterocycles. The Morgan fingerprint density at radius 3 is 2.80 bits per heavy atom. The van der Waals surface area contributed by atoms with E-state index in [0.717, 1.165) is 55.9 Å². The molecule has 12 heteroatoms. The van der Waals surface area contributed by atoms with Crippen molar-refractivity contribution in [2.24, 2.45) is 13.0 Å². The molecule has 2 aromatic rings. The number of hydrogen-bond acceptors (Lipinski definition) is 8. The summed E-state index contributed by atoms with van der Waals surface area (Å²) < 4.78 is 55.0. The SMILES string of the molecule is Cn1cc(OCC(=O)C[C@H]2CC[C@H](CCN3CCc4nc(OCC(F)(F)F)sc4CC3)OC2)cn1. The second kappa shape index (κ2) is 11.7. The summed E-state index contributed by atoms with van der Waals surface area (Å²) >= 11 is 1.22. The fourth-order valence-corrected chi connectivity index (χ4v) is 5.35. The molecule has 1 fully saturated rings. The molecule has 194 valence electrons. The van der Waals surface area contributed by atoms with E-state index in [1.165, 1.54) is 11.3 Å². The summed E-state index contributed by atoms with van der Waals surface area (Å²) in [5.41, 5.74) is 0.851. The molecule has 0 radical (unpaired) electrons. The first-order valence-electron chi connectivity index (χ1n) is 11.9. The summed E-state index contributed by atoms with van der Waals surface area (Å²) in [7, 11) is 1.80. The van der Waals surface area contributed by atoms with E-state index >= 15 is 0 Å². The molecule has 4 rings (SSSR count). The Balaban J connectivity index is 1.11. The zero-order chi connectivity index (χ0) is 24.8. The van der Waals surface area contributed by atoms with Crippen LogP contribution in [0.1, 0.15) is 36.3 Å². The molecule has 1 saturated heterocycles. The monoisotopic (exact) mass is 516 g/mol. The molecule has 2 aliphatic rings. The van der Waals surface area contributed by atoms with Gasteiger partial charge in [-0.15, -0.1) is 0 Å². The van der Waals surface area contributed by atoms with Crippen LogP contribution in [0.2, 0.25) is 0 Å². The fourth-order valence-electron chi connectivity index (χ4n) is 4.41. The molecule has 0 bridgehead atoms. The number of carbonyl (C=O) groups excluding carboxylic acids is 1. The molecule has 4 heterocycles. The van der Waals surface area contributed by atoms with Crippen LogP contribution in [-0.2, 0) is 29.4 Å². The number of fused-ring (bicyclic) bond motifs is 1. The second-order valence-corrected chi connectivity index (χ2v) is 10.2. The van der Waals surface area contributed by atoms with Gasteiger partial charge >= 0.3 is 6.18 Å². The summed E-state index contributed by atoms with van der Waals surface area (Å²) in [6, 6.07) is 0. The summed E-state index contributed by atoms with van der Waals surface area (Å²) in [5, 5.41) is 4.12. The number of ether oxygens (including phenoxy) is 3. The molecule has 0 spiro atoms. The zero-order valence-electron chi connectivity index (χ0n) is 19.8. The molecule has 2 aliphatic heterocycles. The number of carbonyl (C=O) groups is 1. The van der Waals surface area contributed by atoms with Crippen molar-refractivity contribution in [2.75, 3.05) is 39.5 Å². The lowest BCUT2D eigenvalue weighted by Crippen LogP contribution is -2.33. The number of hydrogen-bond donors (Lipinski definition) is 0. The predicted octanol–water partition coefficient (Wildman–Crippen LogP) is 3.44. The molecule has 0 N–H and O–H groups in total. The molecule has 2 atom stereocenters. The predicted molar refractivity (Wildman–Crippen MR) is 123 cm³/mol. The summed E-state index contributed by atoms with van der Waals surface area (Å²) in [4.78, 5) is 19.9. The first-order chi connectivity index (χ1) is 16.7. The molecule has 35 heavy (non-hydrogen) atoms. The van der Waals surface area contributed by atoms with Crippen molar-refractivity contribution >= 4 is 17.1 Å². The molecular formula is C23H31F3N4O4S. The van der Waals surface area contributed by atoms with E-state index in [0.29, 0.717) is 25.2 Å². The third-order valence-corrected chi connectivity index (χ3v) is 7.34. The minimum atomic E-state index is -4.36. The maximum atomic E-state index is 12.4. The summed E-state index contributed by atoms with van der Waals surface area (Å²) in [5.74, 6) is 0.888. The van der Waals surface area contributed by atoms with E-state index in [2.05, 4.69) is 15.0 Å². The molecule has 8 nitrogen and oxygen atoms in total. The Morgan fingerprint density at radius 2 is 2.09 bits per heavy atom. The van der Waals surface area contributed by atoms with Gasteiger partial charge in [-0.05, 0) is 31.6 Å². The lowest BCUT2D eigenvalue weighted by Gasteiger charge is -2.30. The Hall–Kier alpha value is -2.18. The smallest absolute Gasteiger partial charge is 0.422 e. The van der Waals surface area contributed by atoms with Crippen LogP contribution in [0.4, 0.5) is 13.2 Å². The van der Waals surface area contributed by atoms with Gasteiger partial charge in [0.2, 0.25) is 0 Å². The Bertz CT molecular complexity index is 947. The second-order valence-electron chi connectivity index (χ2n) is 9.16. The number of thiazole rings is 1. The average Bonchev–Trinajstić information content (AvgIpc) is 3.36. The molecule has 0 aliphatic carbocycles. The van der Waals surface area contributed by atoms with Crippen molar-refractivity contribution in [2.45, 2.75) is 50.8 Å². The zero-order valence-corrected chi connectivity index (χ0v) is 20.6. The number of aromatic nitrogens is 3. The first kappa shape index (κ1) is 25.9. The van der Waals surface area contributed by atoms with Crippen molar-refractivity contribution in [3.8, 4) is 10.9 Å². The van der Waals surface area contributed by atoms with E-state index in [4.69, 9.17) is 14.2 Å². The van der Waals surface area contributed by atoms with Crippen LogP contribution in [0.25, 0.3) is 0 Å². The van der Waals surface area contributed by atoms with Crippen LogP contribution in [-0.4, -0.2) is 77.2 Å². The topological polar surface area (TPSA) is 78.7 Å². The minimum absolute atomic E-state index is 0.0525. The van der Waals surface area contributed by atoms with Crippen molar-refractivity contribution in [1.82, 2.24) is 19.7 Å². The Labute approximate surface area is 206 Å². The summed E-state index contributed by atoms with van der Waals surface area (Å²) in [6.45, 7) is 1.90. The van der Waals surface area contributed by atoms with Gasteiger partial charge in [0.1, 0.15) is 6.61 Å². The van der Waals surface area contributed by atoms with E-state index < -0.39 is 12.8 Å². The molecular weight excluding hydrogens is 485 g/mol. The number of nitrogens with zero attached hydrogens (tertiary/aromatic N) is 4. The highest BCUT2D eigenvalue weighted by Gasteiger charge is 2.30. The van der Waals surface area contributed by atoms with Crippen LogP contribution in [0.15, 0.2) is 12.4 Å². The van der Waals surface area contributed by atoms with Gasteiger partial charge in [0.05, 0.1) is 30.8 Å². The van der Waals surface area contributed by atoms with Crippen molar-refractivity contribution in [3.05, 3.63) is 23.0 Å². The lowest BCUT2D eigenvalue weighted by molar-refractivity contribution is -0.153. The van der Waals surface area contributed by atoms with Crippen LogP contribution in [0, 0.1) is 5.92 Å². The lowest BCUT2D eigenvalue weighted by atomic mass is 9.93. The molecule has 0 saturated carbocycles. The van der Waals surface area contributed by atoms with Crippen molar-refractivity contribution in [1.29, 1.82) is 0 Å². The van der Waals surface area contributed by atoms with Gasteiger partial charge < -0.3 is 19.1 Å². The average molecular weight is 517 g/mol. The third kappa shape index (κ3) is 8.18. The highest BCUT2D eigenvalue weighted by molar-refractivity contribution is 7.13. The van der Waals surface area contributed by atoms with E-state index in [1.807, 2.05) is 0 Å². The highest BCUT2D eigenvalue weighted by Crippen LogP contribution is 2.30. The van der Waals surface area contributed by atoms with Crippen molar-refractivity contribution in [3.63, 3.8) is 0 Å². The van der Waals surface area contributed by atoms with E-state index in [9.17, 15) is 18.0 Å². The summed E-state index contributed by atoms with van der Waals surface area (Å²) in [6.07, 6.45) is 3.90. The number of rotatable bonds is 10. The van der Waals surface area contributed by atoms with Gasteiger partial charge in [-0.2, -0.15) is 18.3 Å². The molecule has 0 amide bonds. The number of Topliss-reactive ketones (excluding diaryl/α,β-unsaturated/α-hetero) is 1. The first-order valence-corrected chi connectivity index (χ1v) is 12.7. The fraction of sp³-hybridized carbons (Fsp3) is 0.696. The van der Waals surface area contributed by atoms with Gasteiger partial charge in [-0.3, -0.25) is 9.48 Å².